The molecule has 4 heterocycles. The maximum atomic E-state index is 6.57. The number of rotatable bonds is 5. The van der Waals surface area contributed by atoms with Crippen LogP contribution in [0.2, 0.25) is 0 Å². The number of fused-ring (bicyclic) bond motifs is 5. The van der Waals surface area contributed by atoms with Crippen LogP contribution >= 0.6 is 0 Å². The Bertz CT molecular complexity index is 1410. The summed E-state index contributed by atoms with van der Waals surface area (Å²) in [7, 11) is 1.91. The first-order valence-electron chi connectivity index (χ1n) is 12.2. The number of nitrogens with one attached hydrogen (secondary N) is 1. The van der Waals surface area contributed by atoms with E-state index >= 15 is 0 Å². The van der Waals surface area contributed by atoms with Crippen LogP contribution in [0.1, 0.15) is 38.3 Å². The third kappa shape index (κ3) is 2.93. The lowest BCUT2D eigenvalue weighted by molar-refractivity contribution is -0.161. The summed E-state index contributed by atoms with van der Waals surface area (Å²) in [4.78, 5) is 13.5. The molecule has 0 radical (unpaired) electrons. The van der Waals surface area contributed by atoms with E-state index in [0.29, 0.717) is 5.92 Å². The largest absolute Gasteiger partial charge is 0.373 e. The van der Waals surface area contributed by atoms with Crippen molar-refractivity contribution in [1.29, 1.82) is 0 Å². The van der Waals surface area contributed by atoms with Gasteiger partial charge >= 0.3 is 0 Å². The molecule has 1 N–H and O–H groups in total. The Kier molecular flexibility index (Phi) is 4.19. The molecule has 34 heavy (non-hydrogen) atoms. The van der Waals surface area contributed by atoms with Crippen molar-refractivity contribution < 1.29 is 9.47 Å². The highest BCUT2D eigenvalue weighted by atomic mass is 16.8. The smallest absolute Gasteiger partial charge is 0.163 e. The number of ether oxygens (including phenoxy) is 2. The summed E-state index contributed by atoms with van der Waals surface area (Å²) in [6.45, 7) is 4.08. The van der Waals surface area contributed by atoms with Crippen LogP contribution in [0.4, 0.5) is 5.82 Å². The van der Waals surface area contributed by atoms with Crippen molar-refractivity contribution in [3.05, 3.63) is 60.7 Å². The van der Waals surface area contributed by atoms with Crippen molar-refractivity contribution >= 4 is 27.8 Å². The maximum absolute atomic E-state index is 6.57. The van der Waals surface area contributed by atoms with Crippen LogP contribution in [0.25, 0.3) is 21.9 Å². The summed E-state index contributed by atoms with van der Waals surface area (Å²) in [6.07, 6.45) is 9.06. The number of benzene rings is 1. The predicted octanol–water partition coefficient (Wildman–Crippen LogP) is 4.74. The minimum Gasteiger partial charge on any atom is -0.373 e. The van der Waals surface area contributed by atoms with Crippen LogP contribution < -0.4 is 5.32 Å². The Labute approximate surface area is 198 Å². The first-order valence-corrected chi connectivity index (χ1v) is 12.2. The fourth-order valence-corrected chi connectivity index (χ4v) is 6.61. The fourth-order valence-electron chi connectivity index (χ4n) is 6.61. The average Bonchev–Trinajstić information content (AvgIpc) is 3.11. The number of anilines is 1. The molecule has 3 aliphatic rings. The van der Waals surface area contributed by atoms with Crippen molar-refractivity contribution in [3.63, 3.8) is 0 Å². The molecule has 7 nitrogen and oxygen atoms in total. The molecule has 3 aromatic heterocycles. The summed E-state index contributed by atoms with van der Waals surface area (Å²) in [5, 5.41) is 5.38. The monoisotopic (exact) mass is 455 g/mol. The van der Waals surface area contributed by atoms with Gasteiger partial charge in [0.05, 0.1) is 17.7 Å². The second kappa shape index (κ2) is 6.99. The highest BCUT2D eigenvalue weighted by Crippen LogP contribution is 2.73. The summed E-state index contributed by atoms with van der Waals surface area (Å²) in [5.74, 6) is 0.856. The Morgan fingerprint density at radius 3 is 2.88 bits per heavy atom. The van der Waals surface area contributed by atoms with Gasteiger partial charge in [-0.25, -0.2) is 15.0 Å². The van der Waals surface area contributed by atoms with Gasteiger partial charge in [-0.15, -0.1) is 0 Å². The van der Waals surface area contributed by atoms with Gasteiger partial charge in [-0.1, -0.05) is 12.1 Å². The molecule has 0 spiro atoms. The molecule has 0 amide bonds. The third-order valence-electron chi connectivity index (χ3n) is 8.21. The van der Waals surface area contributed by atoms with Gasteiger partial charge in [-0.2, -0.15) is 0 Å². The van der Waals surface area contributed by atoms with Gasteiger partial charge in [-0.05, 0) is 68.9 Å². The van der Waals surface area contributed by atoms with Crippen LogP contribution in [0.5, 0.6) is 0 Å². The van der Waals surface area contributed by atoms with Crippen molar-refractivity contribution in [2.24, 2.45) is 11.3 Å². The van der Waals surface area contributed by atoms with Crippen LogP contribution in [-0.4, -0.2) is 44.6 Å². The zero-order valence-corrected chi connectivity index (χ0v) is 19.7. The SMILES string of the molecule is CNc1ccc2ccc(CC[C@@]34C[C@@H]3[C@@H](n3ccc5cncnc53)[C@@H]3OC(C)(C)O[C@@H]34)cc2n1. The van der Waals surface area contributed by atoms with Gasteiger partial charge in [-0.3, -0.25) is 0 Å². The molecule has 0 unspecified atom stereocenters. The van der Waals surface area contributed by atoms with E-state index in [0.717, 1.165) is 35.2 Å². The minimum atomic E-state index is -0.567. The Morgan fingerprint density at radius 2 is 2.00 bits per heavy atom. The summed E-state index contributed by atoms with van der Waals surface area (Å²) >= 11 is 0. The molecule has 4 aromatic rings. The van der Waals surface area contributed by atoms with Crippen molar-refractivity contribution in [2.45, 2.75) is 57.1 Å². The van der Waals surface area contributed by atoms with E-state index in [9.17, 15) is 0 Å². The molecular formula is C27H29N5O2. The summed E-state index contributed by atoms with van der Waals surface area (Å²) < 4.78 is 15.4. The van der Waals surface area contributed by atoms with E-state index in [1.165, 1.54) is 17.4 Å². The van der Waals surface area contributed by atoms with Crippen molar-refractivity contribution in [1.82, 2.24) is 19.5 Å². The van der Waals surface area contributed by atoms with Gasteiger partial charge in [0, 0.05) is 35.6 Å². The molecule has 1 saturated heterocycles. The Hall–Kier alpha value is -3.03. The predicted molar refractivity (Wildman–Crippen MR) is 131 cm³/mol. The second-order valence-corrected chi connectivity index (χ2v) is 10.6. The molecule has 1 aromatic carbocycles. The molecule has 2 aliphatic carbocycles. The first-order chi connectivity index (χ1) is 16.5. The molecular weight excluding hydrogens is 426 g/mol. The standard InChI is InChI=1S/C27H29N5O2/c1-26(2)33-23-22(32-11-9-18-14-29-15-30-25(18)32)19-13-27(19,24(23)34-26)10-8-16-4-5-17-6-7-21(28-3)31-20(17)12-16/h4-7,9,11-12,14-15,19,22-24H,8,10,13H2,1-3H3,(H,28,31)/t19-,22-,23+,24+,27-/m1/s1. The van der Waals surface area contributed by atoms with Crippen LogP contribution in [0.3, 0.4) is 0 Å². The van der Waals surface area contributed by atoms with E-state index in [2.05, 4.69) is 56.4 Å². The van der Waals surface area contributed by atoms with Gasteiger partial charge in [0.1, 0.15) is 23.9 Å². The van der Waals surface area contributed by atoms with Gasteiger partial charge in [0.25, 0.3) is 0 Å². The molecule has 5 atom stereocenters. The van der Waals surface area contributed by atoms with Gasteiger partial charge < -0.3 is 19.4 Å². The first kappa shape index (κ1) is 20.4. The van der Waals surface area contributed by atoms with E-state index < -0.39 is 5.79 Å². The summed E-state index contributed by atoms with van der Waals surface area (Å²) in [5.41, 5.74) is 3.49. The quantitative estimate of drug-likeness (QED) is 0.469. The molecule has 3 fully saturated rings. The topological polar surface area (TPSA) is 74.1 Å². The number of hydrogen-bond donors (Lipinski definition) is 1. The normalized spacial score (nSPS) is 31.0. The second-order valence-electron chi connectivity index (χ2n) is 10.6. The highest BCUT2D eigenvalue weighted by molar-refractivity contribution is 5.81. The minimum absolute atomic E-state index is 0.0378. The molecule has 7 heteroatoms. The zero-order valence-electron chi connectivity index (χ0n) is 19.7. The van der Waals surface area contributed by atoms with E-state index in [-0.39, 0.29) is 23.7 Å². The number of nitrogens with zero attached hydrogens (tertiary/aromatic N) is 4. The lowest BCUT2D eigenvalue weighted by Gasteiger charge is -2.24. The van der Waals surface area contributed by atoms with Gasteiger partial charge in [0.2, 0.25) is 0 Å². The third-order valence-corrected chi connectivity index (χ3v) is 8.21. The average molecular weight is 456 g/mol. The van der Waals surface area contributed by atoms with Crippen molar-refractivity contribution in [3.8, 4) is 0 Å². The molecule has 174 valence electrons. The van der Waals surface area contributed by atoms with E-state index in [1.807, 2.05) is 33.2 Å². The molecule has 7 rings (SSSR count). The fraction of sp³-hybridized carbons (Fsp3) is 0.444. The zero-order chi connectivity index (χ0) is 23.1. The number of pyridine rings is 1. The maximum Gasteiger partial charge on any atom is 0.163 e. The highest BCUT2D eigenvalue weighted by Gasteiger charge is 2.75. The number of aryl methyl sites for hydroxylation is 1. The lowest BCUT2D eigenvalue weighted by atomic mass is 9.91. The van der Waals surface area contributed by atoms with Gasteiger partial charge in [0.15, 0.2) is 5.79 Å². The molecule has 1 aliphatic heterocycles. The number of hydrogen-bond acceptors (Lipinski definition) is 6. The Morgan fingerprint density at radius 1 is 1.12 bits per heavy atom. The van der Waals surface area contributed by atoms with E-state index in [4.69, 9.17) is 14.5 Å². The van der Waals surface area contributed by atoms with Crippen LogP contribution in [0, 0.1) is 11.3 Å². The summed E-state index contributed by atoms with van der Waals surface area (Å²) in [6, 6.07) is 13.1. The molecule has 0 bridgehead atoms. The van der Waals surface area contributed by atoms with Crippen LogP contribution in [0.15, 0.2) is 55.1 Å². The van der Waals surface area contributed by atoms with E-state index in [1.54, 1.807) is 6.33 Å². The number of aromatic nitrogens is 4. The van der Waals surface area contributed by atoms with Crippen molar-refractivity contribution in [2.75, 3.05) is 12.4 Å². The lowest BCUT2D eigenvalue weighted by Crippen LogP contribution is -2.32. The Balaban J connectivity index is 1.20. The van der Waals surface area contributed by atoms with Crippen LogP contribution in [-0.2, 0) is 15.9 Å². The molecule has 2 saturated carbocycles.